The molecule has 0 aliphatic heterocycles. The predicted octanol–water partition coefficient (Wildman–Crippen LogP) is 5.26. The van der Waals surface area contributed by atoms with E-state index in [1.807, 2.05) is 18.3 Å². The lowest BCUT2D eigenvalue weighted by atomic mass is 10.1. The van der Waals surface area contributed by atoms with Crippen molar-refractivity contribution in [3.8, 4) is 11.5 Å². The van der Waals surface area contributed by atoms with E-state index in [2.05, 4.69) is 83.3 Å². The van der Waals surface area contributed by atoms with Gasteiger partial charge in [0.15, 0.2) is 0 Å². The van der Waals surface area contributed by atoms with Gasteiger partial charge in [-0.2, -0.15) is 19.6 Å². The summed E-state index contributed by atoms with van der Waals surface area (Å²) in [6.07, 6.45) is 1.87. The molecule has 0 atom stereocenters. The third-order valence-electron chi connectivity index (χ3n) is 3.63. The number of benzene rings is 2. The van der Waals surface area contributed by atoms with Crippen molar-refractivity contribution in [2.24, 2.45) is 0 Å². The first-order valence-corrected chi connectivity index (χ1v) is 12.7. The Balaban J connectivity index is 1.61. The van der Waals surface area contributed by atoms with Gasteiger partial charge in [-0.15, -0.1) is 5.92 Å². The molecule has 0 saturated heterocycles. The van der Waals surface area contributed by atoms with Gasteiger partial charge < -0.3 is 0 Å². The molecule has 0 aliphatic rings. The summed E-state index contributed by atoms with van der Waals surface area (Å²) in [7, 11) is -1.32. The van der Waals surface area contributed by atoms with E-state index < -0.39 is 8.07 Å². The normalized spacial score (nSPS) is 11.2. The average Bonchev–Trinajstić information content (AvgIpc) is 2.61. The van der Waals surface area contributed by atoms with Crippen molar-refractivity contribution < 1.29 is 0 Å². The number of nitrogens with zero attached hydrogens (tertiary/aromatic N) is 1. The van der Waals surface area contributed by atoms with Gasteiger partial charge in [0.1, 0.15) is 0 Å². The molecule has 0 unspecified atom stereocenters. The third kappa shape index (κ3) is 5.20. The van der Waals surface area contributed by atoms with Gasteiger partial charge in [-0.3, -0.25) is 15.2 Å². The maximum absolute atomic E-state index is 4.41. The number of hydrogen-bond donors (Lipinski definition) is 1. The van der Waals surface area contributed by atoms with Gasteiger partial charge in [0.25, 0.3) is 0 Å². The molecule has 0 radical (unpaired) electrons. The highest BCUT2D eigenvalue weighted by atomic mass is 32.2. The SMILES string of the molecule is C[Si-](C)(C)C#Cc1ccc(SNCc2ccnc3ccccc23)cc1. The third-order valence-corrected chi connectivity index (χ3v) is 5.30. The number of para-hydroxylation sites is 1. The highest BCUT2D eigenvalue weighted by Gasteiger charge is 2.01. The minimum atomic E-state index is -1.32. The Kier molecular flexibility index (Phi) is 5.59. The lowest BCUT2D eigenvalue weighted by Gasteiger charge is -2.17. The second kappa shape index (κ2) is 7.88. The summed E-state index contributed by atoms with van der Waals surface area (Å²) in [5.41, 5.74) is 6.79. The summed E-state index contributed by atoms with van der Waals surface area (Å²) in [4.78, 5) is 5.60. The molecule has 1 heterocycles. The summed E-state index contributed by atoms with van der Waals surface area (Å²) in [6, 6.07) is 18.8. The van der Waals surface area contributed by atoms with Gasteiger partial charge in [-0.05, 0) is 53.9 Å². The predicted molar refractivity (Wildman–Crippen MR) is 111 cm³/mol. The minimum Gasteiger partial charge on any atom is -0.280 e. The van der Waals surface area contributed by atoms with E-state index >= 15 is 0 Å². The van der Waals surface area contributed by atoms with Crippen LogP contribution in [0.1, 0.15) is 11.1 Å². The van der Waals surface area contributed by atoms with Gasteiger partial charge in [-0.25, -0.2) is 0 Å². The molecule has 1 aromatic heterocycles. The first-order valence-electron chi connectivity index (χ1n) is 8.37. The van der Waals surface area contributed by atoms with Crippen LogP contribution in [0.4, 0.5) is 0 Å². The van der Waals surface area contributed by atoms with Crippen molar-refractivity contribution in [1.29, 1.82) is 0 Å². The highest BCUT2D eigenvalue weighted by molar-refractivity contribution is 7.97. The zero-order valence-electron chi connectivity index (χ0n) is 14.8. The van der Waals surface area contributed by atoms with Crippen LogP contribution < -0.4 is 4.72 Å². The fourth-order valence-corrected chi connectivity index (χ4v) is 3.56. The zero-order valence-corrected chi connectivity index (χ0v) is 16.7. The molecular formula is C21H22N2SSi-. The van der Waals surface area contributed by atoms with Crippen LogP contribution in [-0.2, 0) is 6.54 Å². The van der Waals surface area contributed by atoms with Crippen LogP contribution in [0.15, 0.2) is 65.7 Å². The van der Waals surface area contributed by atoms with Crippen LogP contribution in [0.3, 0.4) is 0 Å². The van der Waals surface area contributed by atoms with Gasteiger partial charge in [0, 0.05) is 28.6 Å². The second-order valence-electron chi connectivity index (χ2n) is 6.93. The van der Waals surface area contributed by atoms with E-state index in [1.165, 1.54) is 15.8 Å². The number of aromatic nitrogens is 1. The number of hydrogen-bond acceptors (Lipinski definition) is 3. The zero-order chi connectivity index (χ0) is 17.7. The maximum Gasteiger partial charge on any atom is 0.0705 e. The molecule has 2 aromatic carbocycles. The second-order valence-corrected chi connectivity index (χ2v) is 12.6. The van der Waals surface area contributed by atoms with Crippen molar-refractivity contribution in [2.75, 3.05) is 0 Å². The van der Waals surface area contributed by atoms with Crippen molar-refractivity contribution >= 4 is 30.9 Å². The van der Waals surface area contributed by atoms with Gasteiger partial charge in [-0.1, -0.05) is 26.3 Å². The summed E-state index contributed by atoms with van der Waals surface area (Å²) < 4.78 is 3.45. The summed E-state index contributed by atoms with van der Waals surface area (Å²) in [6.45, 7) is 7.58. The van der Waals surface area contributed by atoms with Crippen molar-refractivity contribution in [3.05, 3.63) is 71.9 Å². The largest absolute Gasteiger partial charge is 0.280 e. The molecule has 0 amide bonds. The molecule has 25 heavy (non-hydrogen) atoms. The number of pyridine rings is 1. The molecule has 0 bridgehead atoms. The van der Waals surface area contributed by atoms with E-state index in [-0.39, 0.29) is 0 Å². The Hall–Kier alpha value is -2.06. The van der Waals surface area contributed by atoms with E-state index in [9.17, 15) is 0 Å². The fourth-order valence-electron chi connectivity index (χ4n) is 2.37. The van der Waals surface area contributed by atoms with Crippen molar-refractivity contribution in [3.63, 3.8) is 0 Å². The first kappa shape index (κ1) is 17.8. The van der Waals surface area contributed by atoms with Crippen LogP contribution in [0.5, 0.6) is 0 Å². The molecule has 1 N–H and O–H groups in total. The van der Waals surface area contributed by atoms with Crippen LogP contribution in [-0.4, -0.2) is 13.1 Å². The highest BCUT2D eigenvalue weighted by Crippen LogP contribution is 2.19. The number of rotatable bonds is 4. The molecule has 3 rings (SSSR count). The van der Waals surface area contributed by atoms with Crippen molar-refractivity contribution in [2.45, 2.75) is 31.1 Å². The van der Waals surface area contributed by atoms with Crippen LogP contribution in [0.2, 0.25) is 19.6 Å². The molecule has 0 fully saturated rings. The topological polar surface area (TPSA) is 24.9 Å². The molecule has 0 saturated carbocycles. The van der Waals surface area contributed by atoms with E-state index in [0.29, 0.717) is 0 Å². The lowest BCUT2D eigenvalue weighted by Crippen LogP contribution is -2.16. The Morgan fingerprint density at radius 1 is 1.00 bits per heavy atom. The summed E-state index contributed by atoms with van der Waals surface area (Å²) in [5, 5.41) is 1.20. The molecule has 4 heteroatoms. The quantitative estimate of drug-likeness (QED) is 0.389. The van der Waals surface area contributed by atoms with Crippen LogP contribution in [0, 0.1) is 11.5 Å². The number of fused-ring (bicyclic) bond motifs is 1. The lowest BCUT2D eigenvalue weighted by molar-refractivity contribution is 0.982. The number of nitrogens with one attached hydrogen (secondary N) is 1. The Morgan fingerprint density at radius 3 is 2.52 bits per heavy atom. The van der Waals surface area contributed by atoms with Crippen LogP contribution >= 0.6 is 11.9 Å². The monoisotopic (exact) mass is 362 g/mol. The van der Waals surface area contributed by atoms with Crippen molar-refractivity contribution in [1.82, 2.24) is 9.71 Å². The van der Waals surface area contributed by atoms with Crippen LogP contribution in [0.25, 0.3) is 10.9 Å². The smallest absolute Gasteiger partial charge is 0.0705 e. The molecule has 0 aliphatic carbocycles. The van der Waals surface area contributed by atoms with E-state index in [1.54, 1.807) is 11.9 Å². The molecule has 127 valence electrons. The fraction of sp³-hybridized carbons (Fsp3) is 0.190. The molecule has 0 spiro atoms. The summed E-state index contributed by atoms with van der Waals surface area (Å²) >= 11 is 1.65. The molecule has 2 nitrogen and oxygen atoms in total. The Bertz CT molecular complexity index is 913. The standard InChI is InChI=1S/C21H22N2SSi/c1-25(2,3)15-13-17-8-10-19(11-9-17)24-23-16-18-12-14-22-21-7-5-4-6-20(18)21/h4-12,14,23H,16H2,1-3H3/q-1. The summed E-state index contributed by atoms with van der Waals surface area (Å²) in [5.74, 6) is 3.29. The molecule has 3 aromatic rings. The van der Waals surface area contributed by atoms with Gasteiger partial charge in [0.05, 0.1) is 5.52 Å². The molecular weight excluding hydrogens is 340 g/mol. The van der Waals surface area contributed by atoms with E-state index in [0.717, 1.165) is 17.6 Å². The van der Waals surface area contributed by atoms with E-state index in [4.69, 9.17) is 0 Å². The minimum absolute atomic E-state index is 0.797. The average molecular weight is 363 g/mol. The maximum atomic E-state index is 4.41. The Morgan fingerprint density at radius 2 is 1.76 bits per heavy atom. The first-order chi connectivity index (χ1) is 12.0. The van der Waals surface area contributed by atoms with Gasteiger partial charge >= 0.3 is 0 Å². The Labute approximate surface area is 155 Å². The van der Waals surface area contributed by atoms with Gasteiger partial charge in [0.2, 0.25) is 0 Å².